The van der Waals surface area contributed by atoms with Crippen molar-refractivity contribution in [3.8, 4) is 28.4 Å². The lowest BCUT2D eigenvalue weighted by Crippen LogP contribution is -2.54. The summed E-state index contributed by atoms with van der Waals surface area (Å²) in [6, 6.07) is 15.4. The number of fused-ring (bicyclic) bond motifs is 1. The quantitative estimate of drug-likeness (QED) is 0.201. The molecule has 2 amide bonds. The summed E-state index contributed by atoms with van der Waals surface area (Å²) < 4.78 is 8.04. The molecule has 0 unspecified atom stereocenters. The number of nitrogen functional groups attached to an aromatic ring is 1. The van der Waals surface area contributed by atoms with Crippen molar-refractivity contribution in [3.63, 3.8) is 0 Å². The molecule has 3 fully saturated rings. The molecule has 50 heavy (non-hydrogen) atoms. The van der Waals surface area contributed by atoms with Gasteiger partial charge in [-0.2, -0.15) is 5.10 Å². The predicted molar refractivity (Wildman–Crippen MR) is 190 cm³/mol. The number of piperazine rings is 1. The Morgan fingerprint density at radius 3 is 2.60 bits per heavy atom. The molecule has 3 aliphatic heterocycles. The van der Waals surface area contributed by atoms with Gasteiger partial charge >= 0.3 is 0 Å². The van der Waals surface area contributed by atoms with Crippen molar-refractivity contribution in [2.24, 2.45) is 0 Å². The lowest BCUT2D eigenvalue weighted by molar-refractivity contribution is -0.134. The van der Waals surface area contributed by atoms with Gasteiger partial charge in [-0.1, -0.05) is 30.7 Å². The number of nitrogens with one attached hydrogen (secondary N) is 1. The Balaban J connectivity index is 0.899. The summed E-state index contributed by atoms with van der Waals surface area (Å²) in [5.74, 6) is 1.33. The van der Waals surface area contributed by atoms with Crippen molar-refractivity contribution >= 4 is 29.0 Å². The molecule has 2 aromatic heterocycles. The highest BCUT2D eigenvalue weighted by atomic mass is 16.5. The van der Waals surface area contributed by atoms with Gasteiger partial charge in [0.25, 0.3) is 0 Å². The van der Waals surface area contributed by atoms with Crippen LogP contribution in [0, 0.1) is 0 Å². The van der Waals surface area contributed by atoms with Gasteiger partial charge in [0.2, 0.25) is 11.8 Å². The lowest BCUT2D eigenvalue weighted by Gasteiger charge is -2.40. The number of carbonyl (C=O) groups excluding carboxylic acids is 2. The number of aromatic nitrogens is 4. The molecule has 4 aromatic rings. The van der Waals surface area contributed by atoms with Crippen molar-refractivity contribution in [3.05, 3.63) is 66.5 Å². The number of para-hydroxylation sites is 2. The van der Waals surface area contributed by atoms with Crippen LogP contribution >= 0.6 is 0 Å². The highest BCUT2D eigenvalue weighted by Gasteiger charge is 2.36. The van der Waals surface area contributed by atoms with Crippen LogP contribution in [0.15, 0.2) is 60.9 Å². The maximum atomic E-state index is 12.7. The van der Waals surface area contributed by atoms with E-state index in [4.69, 9.17) is 10.5 Å². The molecule has 1 saturated carbocycles. The molecule has 3 atom stereocenters. The maximum Gasteiger partial charge on any atom is 0.249 e. The van der Waals surface area contributed by atoms with E-state index in [1.54, 1.807) is 28.9 Å². The fourth-order valence-corrected chi connectivity index (χ4v) is 8.23. The summed E-state index contributed by atoms with van der Waals surface area (Å²) in [4.78, 5) is 31.7. The van der Waals surface area contributed by atoms with Crippen LogP contribution in [0.4, 0.5) is 17.2 Å². The molecule has 2 saturated heterocycles. The molecule has 8 rings (SSSR count). The van der Waals surface area contributed by atoms with E-state index in [1.165, 1.54) is 12.0 Å². The molecule has 4 N–H and O–H groups in total. The Hall–Kier alpha value is -5.17. The Morgan fingerprint density at radius 2 is 1.76 bits per heavy atom. The van der Waals surface area contributed by atoms with Crippen molar-refractivity contribution in [2.75, 3.05) is 54.9 Å². The minimum atomic E-state index is -0.342. The number of hydrogen-bond donors (Lipinski definition) is 3. The number of nitrogens with two attached hydrogens (primary N) is 1. The molecule has 0 spiro atoms. The van der Waals surface area contributed by atoms with Crippen molar-refractivity contribution in [1.29, 1.82) is 0 Å². The molecule has 5 heterocycles. The second-order valence-corrected chi connectivity index (χ2v) is 13.7. The van der Waals surface area contributed by atoms with E-state index in [9.17, 15) is 14.7 Å². The number of benzene rings is 2. The van der Waals surface area contributed by atoms with Gasteiger partial charge < -0.3 is 25.4 Å². The molecule has 4 aliphatic rings. The third kappa shape index (κ3) is 6.21. The largest absolute Gasteiger partial charge is 0.507 e. The van der Waals surface area contributed by atoms with E-state index in [-0.39, 0.29) is 29.4 Å². The number of nitrogens with zero attached hydrogens (tertiary/aromatic N) is 7. The first-order valence-corrected chi connectivity index (χ1v) is 17.7. The second-order valence-electron chi connectivity index (χ2n) is 13.7. The zero-order valence-corrected chi connectivity index (χ0v) is 28.1. The van der Waals surface area contributed by atoms with E-state index >= 15 is 0 Å². The van der Waals surface area contributed by atoms with E-state index in [1.807, 2.05) is 18.5 Å². The topological polar surface area (TPSA) is 155 Å². The Morgan fingerprint density at radius 1 is 0.900 bits per heavy atom. The first-order valence-electron chi connectivity index (χ1n) is 17.7. The van der Waals surface area contributed by atoms with Crippen LogP contribution in [-0.4, -0.2) is 93.2 Å². The molecular formula is C37H43N9O4. The molecule has 13 nitrogen and oxygen atoms in total. The molecular weight excluding hydrogens is 634 g/mol. The van der Waals surface area contributed by atoms with E-state index in [0.717, 1.165) is 69.0 Å². The summed E-state index contributed by atoms with van der Waals surface area (Å²) in [7, 11) is 0. The number of ether oxygens (including phenoxy) is 1. The van der Waals surface area contributed by atoms with Gasteiger partial charge in [0.1, 0.15) is 29.8 Å². The average molecular weight is 678 g/mol. The van der Waals surface area contributed by atoms with Crippen LogP contribution in [0.25, 0.3) is 16.9 Å². The Bertz CT molecular complexity index is 1890. The van der Waals surface area contributed by atoms with Gasteiger partial charge in [-0.05, 0) is 67.9 Å². The maximum absolute atomic E-state index is 12.7. The zero-order chi connectivity index (χ0) is 34.2. The number of phenolic OH excluding ortho intramolecular Hbond substituents is 1. The Kier molecular flexibility index (Phi) is 8.73. The normalized spacial score (nSPS) is 23.2. The number of imide groups is 1. The molecule has 0 bridgehead atoms. The number of hydrogen-bond acceptors (Lipinski definition) is 11. The molecule has 0 radical (unpaired) electrons. The minimum Gasteiger partial charge on any atom is -0.507 e. The highest BCUT2D eigenvalue weighted by Crippen LogP contribution is 2.44. The van der Waals surface area contributed by atoms with Gasteiger partial charge in [-0.25, -0.2) is 4.68 Å². The van der Waals surface area contributed by atoms with Crippen molar-refractivity contribution < 1.29 is 19.4 Å². The highest BCUT2D eigenvalue weighted by molar-refractivity contribution is 6.02. The molecule has 2 aromatic carbocycles. The number of amides is 2. The Labute approximate surface area is 291 Å². The smallest absolute Gasteiger partial charge is 0.249 e. The fourth-order valence-electron chi connectivity index (χ4n) is 8.23. The summed E-state index contributed by atoms with van der Waals surface area (Å²) in [6.45, 7) is 4.97. The van der Waals surface area contributed by atoms with Crippen LogP contribution < -0.4 is 25.6 Å². The van der Waals surface area contributed by atoms with Crippen LogP contribution in [0.3, 0.4) is 0 Å². The molecule has 1 aliphatic carbocycles. The number of carbonyl (C=O) groups is 2. The van der Waals surface area contributed by atoms with Gasteiger partial charge in [0.05, 0.1) is 36.0 Å². The van der Waals surface area contributed by atoms with Crippen LogP contribution in [0.2, 0.25) is 0 Å². The van der Waals surface area contributed by atoms with Crippen LogP contribution in [-0.2, 0) is 9.59 Å². The van der Waals surface area contributed by atoms with Crippen LogP contribution in [0.5, 0.6) is 11.5 Å². The predicted octanol–water partition coefficient (Wildman–Crippen LogP) is 3.86. The first-order chi connectivity index (χ1) is 24.4. The van der Waals surface area contributed by atoms with E-state index in [2.05, 4.69) is 53.5 Å². The second kappa shape index (κ2) is 13.6. The summed E-state index contributed by atoms with van der Waals surface area (Å²) in [5, 5.41) is 25.8. The summed E-state index contributed by atoms with van der Waals surface area (Å²) in [5.41, 5.74) is 11.2. The van der Waals surface area contributed by atoms with Crippen LogP contribution in [0.1, 0.15) is 56.4 Å². The molecule has 13 heteroatoms. The standard InChI is InChI=1S/C37H43N9O4/c38-36-32(21-29(41-42-36)28-7-1-2-10-33(28)47)46-23-26(22-39-46)44-17-15-43(16-18-44)25-6-3-5-24(11-12-25)27-8-4-9-30-35(27)50-20-19-45(30)31-13-14-34(48)40-37(31)49/h1-2,4,7-10,21-25,31,47H,3,5-6,11-20H2,(H2,38,42)(H,40,48,49)/t24-,25-,31-/m1/s1. The summed E-state index contributed by atoms with van der Waals surface area (Å²) in [6.07, 6.45) is 10.4. The summed E-state index contributed by atoms with van der Waals surface area (Å²) >= 11 is 0. The minimum absolute atomic E-state index is 0.132. The third-order valence-corrected chi connectivity index (χ3v) is 10.9. The SMILES string of the molecule is Nc1nnc(-c2ccccc2O)cc1-n1cc(N2CCN([C@@H]3CCC[C@@H](c4cccc5c4OCCN5[C@@H]4CCC(=O)NC4=O)CC3)CC2)cn1. The average Bonchev–Trinajstić information content (AvgIpc) is 3.50. The lowest BCUT2D eigenvalue weighted by atomic mass is 9.89. The number of anilines is 3. The van der Waals surface area contributed by atoms with Crippen molar-refractivity contribution in [2.45, 2.75) is 62.9 Å². The van der Waals surface area contributed by atoms with Crippen molar-refractivity contribution in [1.82, 2.24) is 30.2 Å². The number of rotatable bonds is 6. The monoisotopic (exact) mass is 677 g/mol. The molecule has 260 valence electrons. The van der Waals surface area contributed by atoms with Gasteiger partial charge in [-0.15, -0.1) is 10.2 Å². The van der Waals surface area contributed by atoms with Gasteiger partial charge in [-0.3, -0.25) is 19.8 Å². The van der Waals surface area contributed by atoms with E-state index < -0.39 is 0 Å². The third-order valence-electron chi connectivity index (χ3n) is 10.9. The first kappa shape index (κ1) is 32.1. The zero-order valence-electron chi connectivity index (χ0n) is 28.1. The number of piperidine rings is 1. The van der Waals surface area contributed by atoms with Gasteiger partial charge in [0.15, 0.2) is 5.82 Å². The van der Waals surface area contributed by atoms with E-state index in [0.29, 0.717) is 54.9 Å². The number of phenols is 1. The number of aromatic hydroxyl groups is 1. The fraction of sp³-hybridized carbons (Fsp3) is 0.432. The van der Waals surface area contributed by atoms with Gasteiger partial charge in [0, 0.05) is 44.2 Å².